The van der Waals surface area contributed by atoms with E-state index in [9.17, 15) is 0 Å². The van der Waals surface area contributed by atoms with Crippen LogP contribution in [0.1, 0.15) is 0 Å². The number of anilines is 3. The molecule has 2 nitrogen and oxygen atoms in total. The van der Waals surface area contributed by atoms with Gasteiger partial charge in [0.2, 0.25) is 0 Å². The Kier molecular flexibility index (Phi) is 11.3. The monoisotopic (exact) mass is 946 g/mol. The van der Waals surface area contributed by atoms with Crippen molar-refractivity contribution < 1.29 is 0 Å². The summed E-state index contributed by atoms with van der Waals surface area (Å²) in [5.74, 6) is 0. The topological polar surface area (TPSA) is 8.17 Å². The molecule has 0 spiro atoms. The van der Waals surface area contributed by atoms with E-state index in [-0.39, 0.29) is 0 Å². The lowest BCUT2D eigenvalue weighted by Gasteiger charge is -2.35. The van der Waals surface area contributed by atoms with Crippen LogP contribution in [0.2, 0.25) is 0 Å². The van der Waals surface area contributed by atoms with Gasteiger partial charge in [-0.1, -0.05) is 237 Å². The van der Waals surface area contributed by atoms with Crippen molar-refractivity contribution in [3.63, 3.8) is 0 Å². The molecular weight excluding hydrogens is 897 g/mol. The minimum absolute atomic E-state index is 1.09. The van der Waals surface area contributed by atoms with Crippen LogP contribution in [-0.4, -0.2) is 12.6 Å². The normalized spacial score (nSPS) is 11.6. The highest BCUT2D eigenvalue weighted by molar-refractivity contribution is 7.19. The number of hydrogen-bond donors (Lipinski definition) is 0. The SMILES string of the molecule is c1ccc(-c2ccc3cc(N(c4ccc(-c5ccc(-c6cccc7c6c6ccccc6n7-c6ccccc6)cc5)cc4)c4ccc([Si](c5ccccc5)(c5ccccc5)c5ccccc5)cc4)ccc3c2)cc1. The molecule has 0 amide bonds. The molecule has 0 unspecified atom stereocenters. The summed E-state index contributed by atoms with van der Waals surface area (Å²) in [6.45, 7) is 0. The summed E-state index contributed by atoms with van der Waals surface area (Å²) in [4.78, 5) is 2.41. The standard InChI is InChI=1S/C70H50N2Si/c1-6-19-51(20-7-1)55-37-38-57-50-61(44-41-56(57)49-55)71(60-45-47-65(48-46-60)73(62-23-10-3-11-24-62,63-25-12-4-13-26-63)64-27-14-5-15-28-64)59-42-39-53(40-43-59)52-33-35-54(36-34-52)66-30-18-32-69-70(66)67-29-16-17-31-68(67)72(69)58-21-8-2-9-22-58/h1-50H. The van der Waals surface area contributed by atoms with E-state index in [0.29, 0.717) is 0 Å². The van der Waals surface area contributed by atoms with E-state index >= 15 is 0 Å². The van der Waals surface area contributed by atoms with Crippen molar-refractivity contribution in [2.75, 3.05) is 4.90 Å². The summed E-state index contributed by atoms with van der Waals surface area (Å²) in [6, 6.07) is 112. The van der Waals surface area contributed by atoms with Crippen molar-refractivity contribution in [1.82, 2.24) is 4.57 Å². The molecule has 0 aliphatic carbocycles. The molecule has 0 aliphatic heterocycles. The first-order chi connectivity index (χ1) is 36.2. The zero-order valence-electron chi connectivity index (χ0n) is 40.3. The van der Waals surface area contributed by atoms with E-state index in [1.807, 2.05) is 0 Å². The van der Waals surface area contributed by atoms with Crippen molar-refractivity contribution in [1.29, 1.82) is 0 Å². The summed E-state index contributed by atoms with van der Waals surface area (Å²) >= 11 is 0. The van der Waals surface area contributed by atoms with E-state index in [1.165, 1.54) is 86.7 Å². The highest BCUT2D eigenvalue weighted by Crippen LogP contribution is 2.41. The van der Waals surface area contributed by atoms with Gasteiger partial charge in [-0.2, -0.15) is 0 Å². The van der Waals surface area contributed by atoms with Crippen LogP contribution in [0.5, 0.6) is 0 Å². The zero-order chi connectivity index (χ0) is 48.6. The molecule has 0 fully saturated rings. The number of nitrogens with zero attached hydrogens (tertiary/aromatic N) is 2. The Bertz CT molecular complexity index is 3930. The Morgan fingerprint density at radius 2 is 0.699 bits per heavy atom. The average Bonchev–Trinajstić information content (AvgIpc) is 3.82. The molecule has 0 aliphatic rings. The first kappa shape index (κ1) is 43.7. The molecule has 0 atom stereocenters. The fourth-order valence-corrected chi connectivity index (χ4v) is 16.1. The van der Waals surface area contributed by atoms with E-state index in [4.69, 9.17) is 0 Å². The van der Waals surface area contributed by atoms with Crippen LogP contribution in [0.15, 0.2) is 303 Å². The Labute approximate surface area is 428 Å². The van der Waals surface area contributed by atoms with Gasteiger partial charge in [0.15, 0.2) is 8.07 Å². The summed E-state index contributed by atoms with van der Waals surface area (Å²) in [5.41, 5.74) is 14.1. The molecular formula is C70H50N2Si. The Morgan fingerprint density at radius 1 is 0.274 bits per heavy atom. The van der Waals surface area contributed by atoms with Gasteiger partial charge >= 0.3 is 0 Å². The van der Waals surface area contributed by atoms with Gasteiger partial charge in [0.25, 0.3) is 0 Å². The lowest BCUT2D eigenvalue weighted by molar-refractivity contribution is 1.18. The lowest BCUT2D eigenvalue weighted by Crippen LogP contribution is -2.74. The lowest BCUT2D eigenvalue weighted by atomic mass is 9.97. The number of benzene rings is 12. The maximum atomic E-state index is 2.41. The van der Waals surface area contributed by atoms with Crippen molar-refractivity contribution in [2.24, 2.45) is 0 Å². The molecule has 73 heavy (non-hydrogen) atoms. The van der Waals surface area contributed by atoms with Crippen LogP contribution in [0.3, 0.4) is 0 Å². The molecule has 1 heterocycles. The summed E-state index contributed by atoms with van der Waals surface area (Å²) in [7, 11) is -2.72. The molecule has 13 aromatic rings. The second kappa shape index (κ2) is 18.8. The van der Waals surface area contributed by atoms with Crippen molar-refractivity contribution >= 4 is 78.5 Å². The molecule has 0 saturated heterocycles. The van der Waals surface area contributed by atoms with Gasteiger partial charge in [0, 0.05) is 33.5 Å². The molecule has 0 saturated carbocycles. The van der Waals surface area contributed by atoms with Crippen LogP contribution >= 0.6 is 0 Å². The van der Waals surface area contributed by atoms with Crippen molar-refractivity contribution in [3.05, 3.63) is 303 Å². The number of hydrogen-bond acceptors (Lipinski definition) is 1. The quantitative estimate of drug-likeness (QED) is 0.0926. The van der Waals surface area contributed by atoms with E-state index in [2.05, 4.69) is 313 Å². The predicted octanol–water partition coefficient (Wildman–Crippen LogP) is 15.8. The summed E-state index contributed by atoms with van der Waals surface area (Å²) in [6.07, 6.45) is 0. The molecule has 0 bridgehead atoms. The summed E-state index contributed by atoms with van der Waals surface area (Å²) in [5, 5.41) is 10.3. The van der Waals surface area contributed by atoms with Gasteiger partial charge in [-0.05, 0) is 132 Å². The first-order valence-corrected chi connectivity index (χ1v) is 27.2. The van der Waals surface area contributed by atoms with E-state index < -0.39 is 8.07 Å². The smallest absolute Gasteiger partial charge is 0.179 e. The van der Waals surface area contributed by atoms with Gasteiger partial charge in [-0.15, -0.1) is 0 Å². The molecule has 3 heteroatoms. The van der Waals surface area contributed by atoms with Crippen LogP contribution in [-0.2, 0) is 0 Å². The fourth-order valence-electron chi connectivity index (χ4n) is 11.3. The first-order valence-electron chi connectivity index (χ1n) is 25.2. The van der Waals surface area contributed by atoms with Gasteiger partial charge in [0.05, 0.1) is 11.0 Å². The number of fused-ring (bicyclic) bond motifs is 4. The number of rotatable bonds is 11. The van der Waals surface area contributed by atoms with Gasteiger partial charge < -0.3 is 9.47 Å². The molecule has 12 aromatic carbocycles. The van der Waals surface area contributed by atoms with Crippen molar-refractivity contribution in [3.8, 4) is 39.1 Å². The molecule has 13 rings (SSSR count). The third-order valence-electron chi connectivity index (χ3n) is 14.7. The molecule has 344 valence electrons. The highest BCUT2D eigenvalue weighted by Gasteiger charge is 2.41. The summed E-state index contributed by atoms with van der Waals surface area (Å²) < 4.78 is 2.39. The third-order valence-corrected chi connectivity index (χ3v) is 19.5. The molecule has 0 radical (unpaired) electrons. The van der Waals surface area contributed by atoms with Crippen LogP contribution in [0.25, 0.3) is 71.6 Å². The second-order valence-electron chi connectivity index (χ2n) is 18.9. The Balaban J connectivity index is 0.893. The average molecular weight is 947 g/mol. The van der Waals surface area contributed by atoms with Gasteiger partial charge in [-0.3, -0.25) is 0 Å². The minimum atomic E-state index is -2.72. The predicted molar refractivity (Wildman–Crippen MR) is 313 cm³/mol. The maximum absolute atomic E-state index is 2.72. The Hall–Kier alpha value is -9.28. The second-order valence-corrected chi connectivity index (χ2v) is 22.7. The maximum Gasteiger partial charge on any atom is 0.179 e. The van der Waals surface area contributed by atoms with E-state index in [1.54, 1.807) is 0 Å². The van der Waals surface area contributed by atoms with Gasteiger partial charge in [-0.25, -0.2) is 0 Å². The van der Waals surface area contributed by atoms with Crippen molar-refractivity contribution in [2.45, 2.75) is 0 Å². The highest BCUT2D eigenvalue weighted by atomic mass is 28.3. The third kappa shape index (κ3) is 7.84. The number of para-hydroxylation sites is 2. The molecule has 0 N–H and O–H groups in total. The fraction of sp³-hybridized carbons (Fsp3) is 0. The molecule has 1 aromatic heterocycles. The van der Waals surface area contributed by atoms with Crippen LogP contribution < -0.4 is 25.6 Å². The van der Waals surface area contributed by atoms with Crippen LogP contribution in [0, 0.1) is 0 Å². The number of aromatic nitrogens is 1. The largest absolute Gasteiger partial charge is 0.310 e. The Morgan fingerprint density at radius 3 is 1.32 bits per heavy atom. The zero-order valence-corrected chi connectivity index (χ0v) is 41.3. The van der Waals surface area contributed by atoms with E-state index in [0.717, 1.165) is 22.7 Å². The van der Waals surface area contributed by atoms with Crippen LogP contribution in [0.4, 0.5) is 17.1 Å². The minimum Gasteiger partial charge on any atom is -0.310 e. The van der Waals surface area contributed by atoms with Gasteiger partial charge in [0.1, 0.15) is 0 Å².